The van der Waals surface area contributed by atoms with Crippen LogP contribution in [0.4, 0.5) is 0 Å². The van der Waals surface area contributed by atoms with Crippen molar-refractivity contribution in [2.45, 2.75) is 39.0 Å². The van der Waals surface area contributed by atoms with E-state index in [1.54, 1.807) is 7.11 Å². The highest BCUT2D eigenvalue weighted by Crippen LogP contribution is 2.36. The van der Waals surface area contributed by atoms with Crippen LogP contribution in [0.3, 0.4) is 0 Å². The molecular formula is C15H29NO4. The number of rotatable bonds is 10. The lowest BCUT2D eigenvalue weighted by Gasteiger charge is -2.38. The Morgan fingerprint density at radius 1 is 1.25 bits per heavy atom. The van der Waals surface area contributed by atoms with Crippen molar-refractivity contribution in [2.24, 2.45) is 5.41 Å². The van der Waals surface area contributed by atoms with Crippen LogP contribution in [0.2, 0.25) is 0 Å². The Hall–Kier alpha value is -0.650. The predicted octanol–water partition coefficient (Wildman–Crippen LogP) is 2.01. The van der Waals surface area contributed by atoms with Gasteiger partial charge in [-0.3, -0.25) is 4.79 Å². The van der Waals surface area contributed by atoms with Gasteiger partial charge in [0.05, 0.1) is 12.0 Å². The third-order valence-electron chi connectivity index (χ3n) is 4.18. The van der Waals surface area contributed by atoms with E-state index in [2.05, 4.69) is 11.8 Å². The molecule has 0 aliphatic carbocycles. The van der Waals surface area contributed by atoms with Gasteiger partial charge in [-0.25, -0.2) is 0 Å². The molecule has 0 aromatic rings. The van der Waals surface area contributed by atoms with E-state index >= 15 is 0 Å². The zero-order chi connectivity index (χ0) is 14.8. The maximum Gasteiger partial charge on any atom is 0.309 e. The van der Waals surface area contributed by atoms with Gasteiger partial charge in [0.1, 0.15) is 0 Å². The van der Waals surface area contributed by atoms with Crippen LogP contribution >= 0.6 is 0 Å². The average Bonchev–Trinajstić information content (AvgIpc) is 2.44. The van der Waals surface area contributed by atoms with Crippen molar-refractivity contribution < 1.29 is 19.4 Å². The van der Waals surface area contributed by atoms with E-state index < -0.39 is 11.4 Å². The first-order valence-electron chi connectivity index (χ1n) is 7.67. The third-order valence-corrected chi connectivity index (χ3v) is 4.18. The summed E-state index contributed by atoms with van der Waals surface area (Å²) in [6, 6.07) is 0. The molecule has 0 aromatic heterocycles. The van der Waals surface area contributed by atoms with Crippen LogP contribution in [0, 0.1) is 5.41 Å². The van der Waals surface area contributed by atoms with Crippen LogP contribution in [-0.4, -0.2) is 62.5 Å². The summed E-state index contributed by atoms with van der Waals surface area (Å²) in [6.07, 6.45) is 4.19. The number of nitrogens with zero attached hydrogens (tertiary/aromatic N) is 1. The van der Waals surface area contributed by atoms with E-state index in [1.807, 2.05) is 0 Å². The highest BCUT2D eigenvalue weighted by Gasteiger charge is 2.40. The predicted molar refractivity (Wildman–Crippen MR) is 78.0 cm³/mol. The molecule has 1 N–H and O–H groups in total. The van der Waals surface area contributed by atoms with Crippen molar-refractivity contribution in [2.75, 3.05) is 46.6 Å². The van der Waals surface area contributed by atoms with Crippen LogP contribution in [0.5, 0.6) is 0 Å². The first-order valence-corrected chi connectivity index (χ1v) is 7.67. The lowest BCUT2D eigenvalue weighted by Crippen LogP contribution is -2.45. The number of ether oxygens (including phenoxy) is 2. The molecule has 1 aliphatic rings. The number of methoxy groups -OCH3 is 1. The molecule has 118 valence electrons. The van der Waals surface area contributed by atoms with Crippen LogP contribution < -0.4 is 0 Å². The maximum absolute atomic E-state index is 11.5. The SMILES string of the molecule is CCCC1(C(=O)O)CCN(CCOCCCOC)CC1. The highest BCUT2D eigenvalue weighted by atomic mass is 16.5. The molecule has 0 radical (unpaired) electrons. The zero-order valence-corrected chi connectivity index (χ0v) is 12.9. The van der Waals surface area contributed by atoms with Crippen LogP contribution in [0.1, 0.15) is 39.0 Å². The van der Waals surface area contributed by atoms with Gasteiger partial charge in [0.15, 0.2) is 0 Å². The fraction of sp³-hybridized carbons (Fsp3) is 0.933. The van der Waals surface area contributed by atoms with E-state index in [0.717, 1.165) is 71.6 Å². The van der Waals surface area contributed by atoms with Crippen LogP contribution in [0.25, 0.3) is 0 Å². The Balaban J connectivity index is 2.19. The van der Waals surface area contributed by atoms with Crippen molar-refractivity contribution in [3.63, 3.8) is 0 Å². The van der Waals surface area contributed by atoms with Crippen molar-refractivity contribution >= 4 is 5.97 Å². The van der Waals surface area contributed by atoms with E-state index in [4.69, 9.17) is 9.47 Å². The fourth-order valence-corrected chi connectivity index (χ4v) is 2.86. The molecule has 1 fully saturated rings. The van der Waals surface area contributed by atoms with Gasteiger partial charge in [-0.2, -0.15) is 0 Å². The molecule has 5 nitrogen and oxygen atoms in total. The number of hydrogen-bond acceptors (Lipinski definition) is 4. The molecule has 5 heteroatoms. The summed E-state index contributed by atoms with van der Waals surface area (Å²) in [5.41, 5.74) is -0.482. The van der Waals surface area contributed by atoms with Gasteiger partial charge in [0.2, 0.25) is 0 Å². The molecule has 0 unspecified atom stereocenters. The Labute approximate surface area is 122 Å². The van der Waals surface area contributed by atoms with Gasteiger partial charge in [0.25, 0.3) is 0 Å². The monoisotopic (exact) mass is 287 g/mol. The summed E-state index contributed by atoms with van der Waals surface area (Å²) in [5, 5.41) is 9.45. The summed E-state index contributed by atoms with van der Waals surface area (Å²) in [6.45, 7) is 6.89. The maximum atomic E-state index is 11.5. The lowest BCUT2D eigenvalue weighted by atomic mass is 9.75. The molecular weight excluding hydrogens is 258 g/mol. The van der Waals surface area contributed by atoms with Crippen molar-refractivity contribution in [1.82, 2.24) is 4.90 Å². The van der Waals surface area contributed by atoms with Gasteiger partial charge in [-0.15, -0.1) is 0 Å². The Morgan fingerprint density at radius 2 is 1.95 bits per heavy atom. The van der Waals surface area contributed by atoms with Gasteiger partial charge in [-0.1, -0.05) is 13.3 Å². The molecule has 0 saturated carbocycles. The van der Waals surface area contributed by atoms with E-state index in [-0.39, 0.29) is 0 Å². The minimum absolute atomic E-state index is 0.482. The Bertz CT molecular complexity index is 275. The quantitative estimate of drug-likeness (QED) is 0.623. The number of aliphatic carboxylic acids is 1. The fourth-order valence-electron chi connectivity index (χ4n) is 2.86. The molecule has 0 bridgehead atoms. The Morgan fingerprint density at radius 3 is 2.50 bits per heavy atom. The molecule has 0 aromatic carbocycles. The van der Waals surface area contributed by atoms with E-state index in [9.17, 15) is 9.90 Å². The van der Waals surface area contributed by atoms with E-state index in [0.29, 0.717) is 0 Å². The first-order chi connectivity index (χ1) is 9.64. The second-order valence-electron chi connectivity index (χ2n) is 5.64. The topological polar surface area (TPSA) is 59.0 Å². The summed E-state index contributed by atoms with van der Waals surface area (Å²) in [5.74, 6) is -0.616. The Kier molecular flexibility index (Phi) is 8.11. The minimum atomic E-state index is -0.616. The van der Waals surface area contributed by atoms with E-state index in [1.165, 1.54) is 0 Å². The summed E-state index contributed by atoms with van der Waals surface area (Å²) < 4.78 is 10.5. The molecule has 1 rings (SSSR count). The minimum Gasteiger partial charge on any atom is -0.481 e. The largest absolute Gasteiger partial charge is 0.481 e. The summed E-state index contributed by atoms with van der Waals surface area (Å²) in [7, 11) is 1.69. The van der Waals surface area contributed by atoms with Gasteiger partial charge < -0.3 is 19.5 Å². The van der Waals surface area contributed by atoms with Crippen LogP contribution in [-0.2, 0) is 14.3 Å². The molecule has 1 saturated heterocycles. The van der Waals surface area contributed by atoms with Gasteiger partial charge >= 0.3 is 5.97 Å². The summed E-state index contributed by atoms with van der Waals surface area (Å²) in [4.78, 5) is 13.8. The number of piperidine rings is 1. The van der Waals surface area contributed by atoms with Crippen molar-refractivity contribution in [3.8, 4) is 0 Å². The third kappa shape index (κ3) is 5.38. The zero-order valence-electron chi connectivity index (χ0n) is 12.9. The van der Waals surface area contributed by atoms with Gasteiger partial charge in [-0.05, 0) is 38.8 Å². The molecule has 1 heterocycles. The molecule has 0 atom stereocenters. The number of likely N-dealkylation sites (tertiary alicyclic amines) is 1. The summed E-state index contributed by atoms with van der Waals surface area (Å²) >= 11 is 0. The van der Waals surface area contributed by atoms with Crippen molar-refractivity contribution in [3.05, 3.63) is 0 Å². The van der Waals surface area contributed by atoms with Gasteiger partial charge in [0, 0.05) is 26.9 Å². The molecule has 0 spiro atoms. The first kappa shape index (κ1) is 17.4. The second-order valence-corrected chi connectivity index (χ2v) is 5.64. The number of carboxylic acid groups (broad SMARTS) is 1. The normalized spacial score (nSPS) is 19.1. The van der Waals surface area contributed by atoms with Crippen molar-refractivity contribution in [1.29, 1.82) is 0 Å². The smallest absolute Gasteiger partial charge is 0.309 e. The molecule has 1 aliphatic heterocycles. The molecule has 20 heavy (non-hydrogen) atoms. The number of carbonyl (C=O) groups is 1. The lowest BCUT2D eigenvalue weighted by molar-refractivity contribution is -0.152. The average molecular weight is 287 g/mol. The van der Waals surface area contributed by atoms with Crippen LogP contribution in [0.15, 0.2) is 0 Å². The number of hydrogen-bond donors (Lipinski definition) is 1. The second kappa shape index (κ2) is 9.32. The molecule has 0 amide bonds. The highest BCUT2D eigenvalue weighted by molar-refractivity contribution is 5.74. The standard InChI is InChI=1S/C15H29NO4/c1-3-5-15(14(17)18)6-8-16(9-7-15)10-13-20-12-4-11-19-2/h3-13H2,1-2H3,(H,17,18). The number of carboxylic acids is 1.